The van der Waals surface area contributed by atoms with Crippen LogP contribution >= 0.6 is 0 Å². The van der Waals surface area contributed by atoms with Gasteiger partial charge >= 0.3 is 0 Å². The van der Waals surface area contributed by atoms with Gasteiger partial charge in [0.2, 0.25) is 5.66 Å². The van der Waals surface area contributed by atoms with Crippen molar-refractivity contribution >= 4 is 0 Å². The van der Waals surface area contributed by atoms with Crippen molar-refractivity contribution in [2.45, 2.75) is 64.1 Å². The normalized spacial score (nSPS) is 20.2. The van der Waals surface area contributed by atoms with E-state index in [1.54, 1.807) is 0 Å². The van der Waals surface area contributed by atoms with Crippen molar-refractivity contribution in [2.75, 3.05) is 0 Å². The van der Waals surface area contributed by atoms with Crippen LogP contribution in [0, 0.1) is 0 Å². The molecule has 0 saturated carbocycles. The molecular formula is C10H20N2O. The fourth-order valence-corrected chi connectivity index (χ4v) is 1.53. The van der Waals surface area contributed by atoms with Crippen molar-refractivity contribution in [1.29, 1.82) is 0 Å². The van der Waals surface area contributed by atoms with E-state index in [1.165, 1.54) is 0 Å². The quantitative estimate of drug-likeness (QED) is 0.649. The molecule has 0 aliphatic carbocycles. The lowest BCUT2D eigenvalue weighted by Gasteiger charge is -2.16. The van der Waals surface area contributed by atoms with Gasteiger partial charge in [0.15, 0.2) is 0 Å². The van der Waals surface area contributed by atoms with Crippen LogP contribution in [0.15, 0.2) is 10.2 Å². The molecule has 1 heterocycles. The summed E-state index contributed by atoms with van der Waals surface area (Å²) in [7, 11) is 0. The first-order valence-corrected chi connectivity index (χ1v) is 5.37. The molecule has 0 amide bonds. The monoisotopic (exact) mass is 184 g/mol. The topological polar surface area (TPSA) is 45.0 Å². The first kappa shape index (κ1) is 10.6. The third-order valence-electron chi connectivity index (χ3n) is 2.62. The smallest absolute Gasteiger partial charge is 0.216 e. The molecule has 0 aromatic rings. The summed E-state index contributed by atoms with van der Waals surface area (Å²) in [5.41, 5.74) is -0.384. The van der Waals surface area contributed by atoms with Gasteiger partial charge in [-0.1, -0.05) is 33.1 Å². The van der Waals surface area contributed by atoms with Crippen LogP contribution in [-0.2, 0) is 0 Å². The van der Waals surface area contributed by atoms with Gasteiger partial charge in [0, 0.05) is 0 Å². The Labute approximate surface area is 80.3 Å². The van der Waals surface area contributed by atoms with Crippen LogP contribution in [0.5, 0.6) is 0 Å². The van der Waals surface area contributed by atoms with Crippen molar-refractivity contribution in [3.63, 3.8) is 0 Å². The molecule has 0 aromatic heterocycles. The minimum Gasteiger partial charge on any atom is -0.388 e. The summed E-state index contributed by atoms with van der Waals surface area (Å²) < 4.78 is 0. The molecular weight excluding hydrogens is 164 g/mol. The number of hydrogen-bond acceptors (Lipinski definition) is 3. The number of aliphatic hydroxyl groups is 1. The van der Waals surface area contributed by atoms with Gasteiger partial charge in [-0.3, -0.25) is 0 Å². The van der Waals surface area contributed by atoms with Crippen LogP contribution in [-0.4, -0.2) is 16.9 Å². The largest absolute Gasteiger partial charge is 0.388 e. The molecule has 1 N–H and O–H groups in total. The first-order chi connectivity index (χ1) is 6.25. The van der Waals surface area contributed by atoms with E-state index in [0.717, 1.165) is 38.5 Å². The second-order valence-electron chi connectivity index (χ2n) is 3.84. The van der Waals surface area contributed by atoms with E-state index >= 15 is 0 Å². The van der Waals surface area contributed by atoms with E-state index < -0.39 is 0 Å². The van der Waals surface area contributed by atoms with E-state index in [1.807, 2.05) is 0 Å². The summed E-state index contributed by atoms with van der Waals surface area (Å²) in [4.78, 5) is 0. The minimum atomic E-state index is -0.384. The van der Waals surface area contributed by atoms with E-state index in [-0.39, 0.29) is 11.8 Å². The molecule has 76 valence electrons. The summed E-state index contributed by atoms with van der Waals surface area (Å²) in [5, 5.41) is 17.8. The maximum absolute atomic E-state index is 9.81. The third kappa shape index (κ3) is 2.76. The molecule has 0 spiro atoms. The van der Waals surface area contributed by atoms with Crippen molar-refractivity contribution < 1.29 is 5.11 Å². The van der Waals surface area contributed by atoms with Gasteiger partial charge in [-0.15, -0.1) is 0 Å². The zero-order valence-corrected chi connectivity index (χ0v) is 8.66. The minimum absolute atomic E-state index is 0.334. The molecule has 1 aliphatic rings. The predicted molar refractivity (Wildman–Crippen MR) is 52.6 cm³/mol. The number of unbranched alkanes of at least 4 members (excludes halogenated alkanes) is 2. The van der Waals surface area contributed by atoms with Crippen molar-refractivity contribution in [2.24, 2.45) is 10.2 Å². The van der Waals surface area contributed by atoms with Gasteiger partial charge in [-0.05, 0) is 19.3 Å². The maximum Gasteiger partial charge on any atom is 0.216 e. The SMILES string of the molecule is CCCCC(O)C1(CCCC)N=N1. The number of hydrogen-bond donors (Lipinski definition) is 1. The summed E-state index contributed by atoms with van der Waals surface area (Å²) >= 11 is 0. The molecule has 3 nitrogen and oxygen atoms in total. The van der Waals surface area contributed by atoms with E-state index in [2.05, 4.69) is 24.1 Å². The molecule has 0 aromatic carbocycles. The van der Waals surface area contributed by atoms with Crippen molar-refractivity contribution in [3.05, 3.63) is 0 Å². The lowest BCUT2D eigenvalue weighted by atomic mass is 9.96. The Bertz CT molecular complexity index is 174. The van der Waals surface area contributed by atoms with Gasteiger partial charge in [-0.2, -0.15) is 10.2 Å². The molecule has 1 aliphatic heterocycles. The van der Waals surface area contributed by atoms with Gasteiger partial charge in [0.05, 0.1) is 0 Å². The fourth-order valence-electron chi connectivity index (χ4n) is 1.53. The van der Waals surface area contributed by atoms with E-state index in [4.69, 9.17) is 0 Å². The molecule has 13 heavy (non-hydrogen) atoms. The maximum atomic E-state index is 9.81. The van der Waals surface area contributed by atoms with Gasteiger partial charge in [0.25, 0.3) is 0 Å². The Kier molecular flexibility index (Phi) is 3.85. The predicted octanol–water partition coefficient (Wildman–Crippen LogP) is 2.89. The van der Waals surface area contributed by atoms with E-state index in [9.17, 15) is 5.11 Å². The van der Waals surface area contributed by atoms with Crippen LogP contribution in [0.25, 0.3) is 0 Å². The number of aliphatic hydroxyl groups excluding tert-OH is 1. The summed E-state index contributed by atoms with van der Waals surface area (Å²) in [5.74, 6) is 0. The standard InChI is InChI=1S/C10H20N2O/c1-3-5-7-9(13)10(11-12-10)8-6-4-2/h9,13H,3-8H2,1-2H3. The second-order valence-corrected chi connectivity index (χ2v) is 3.84. The molecule has 0 fully saturated rings. The van der Waals surface area contributed by atoms with Crippen molar-refractivity contribution in [1.82, 2.24) is 0 Å². The molecule has 0 radical (unpaired) electrons. The first-order valence-electron chi connectivity index (χ1n) is 5.37. The highest BCUT2D eigenvalue weighted by atomic mass is 16.3. The lowest BCUT2D eigenvalue weighted by molar-refractivity contribution is 0.106. The number of nitrogens with zero attached hydrogens (tertiary/aromatic N) is 2. The summed E-state index contributed by atoms with van der Waals surface area (Å²) in [6.07, 6.45) is 5.88. The Morgan fingerprint density at radius 3 is 2.23 bits per heavy atom. The zero-order chi connectivity index (χ0) is 9.73. The highest BCUT2D eigenvalue weighted by Crippen LogP contribution is 2.38. The molecule has 1 rings (SSSR count). The lowest BCUT2D eigenvalue weighted by Crippen LogP contribution is -2.29. The van der Waals surface area contributed by atoms with Gasteiger partial charge < -0.3 is 5.11 Å². The highest BCUT2D eigenvalue weighted by molar-refractivity contribution is 4.99. The van der Waals surface area contributed by atoms with Crippen LogP contribution in [0.1, 0.15) is 52.4 Å². The fraction of sp³-hybridized carbons (Fsp3) is 1.00. The summed E-state index contributed by atoms with van der Waals surface area (Å²) in [6, 6.07) is 0. The average Bonchev–Trinajstić information content (AvgIpc) is 2.92. The Hall–Kier alpha value is -0.440. The zero-order valence-electron chi connectivity index (χ0n) is 8.66. The summed E-state index contributed by atoms with van der Waals surface area (Å²) in [6.45, 7) is 4.28. The Morgan fingerprint density at radius 2 is 1.77 bits per heavy atom. The Balaban J connectivity index is 2.23. The van der Waals surface area contributed by atoms with Gasteiger partial charge in [-0.25, -0.2) is 0 Å². The van der Waals surface area contributed by atoms with Gasteiger partial charge in [0.1, 0.15) is 6.10 Å². The Morgan fingerprint density at radius 1 is 1.15 bits per heavy atom. The molecule has 3 heteroatoms. The number of rotatable bonds is 7. The van der Waals surface area contributed by atoms with Crippen LogP contribution in [0.4, 0.5) is 0 Å². The average molecular weight is 184 g/mol. The second kappa shape index (κ2) is 4.70. The molecule has 1 unspecified atom stereocenters. The van der Waals surface area contributed by atoms with Crippen LogP contribution in [0.3, 0.4) is 0 Å². The molecule has 0 saturated heterocycles. The molecule has 0 bridgehead atoms. The molecule has 1 atom stereocenters. The van der Waals surface area contributed by atoms with Crippen molar-refractivity contribution in [3.8, 4) is 0 Å². The van der Waals surface area contributed by atoms with E-state index in [0.29, 0.717) is 0 Å². The van der Waals surface area contributed by atoms with Crippen LogP contribution < -0.4 is 0 Å². The third-order valence-corrected chi connectivity index (χ3v) is 2.62. The highest BCUT2D eigenvalue weighted by Gasteiger charge is 2.46. The van der Waals surface area contributed by atoms with Crippen LogP contribution in [0.2, 0.25) is 0 Å².